The van der Waals surface area contributed by atoms with Crippen LogP contribution in [0.3, 0.4) is 0 Å². The van der Waals surface area contributed by atoms with E-state index in [4.69, 9.17) is 10.5 Å². The van der Waals surface area contributed by atoms with Gasteiger partial charge in [-0.05, 0) is 44.0 Å². The lowest BCUT2D eigenvalue weighted by Crippen LogP contribution is -2.23. The molecule has 0 amide bonds. The third-order valence-electron chi connectivity index (χ3n) is 2.65. The standard InChI is InChI=1S/C15H23N3O.HI/c1-11(2)10-19-8-7-17-15(16)18-14-6-5-12(3)13(4)9-14;/h5-6,9H,1,7-8,10H2,2-4H3,(H3,16,17,18);1H. The molecule has 0 radical (unpaired) electrons. The molecule has 0 aliphatic rings. The van der Waals surface area contributed by atoms with Crippen LogP contribution in [0.15, 0.2) is 35.3 Å². The third-order valence-corrected chi connectivity index (χ3v) is 2.65. The normalized spacial score (nSPS) is 10.8. The number of hydrogen-bond donors (Lipinski definition) is 2. The summed E-state index contributed by atoms with van der Waals surface area (Å²) in [6.07, 6.45) is 0. The smallest absolute Gasteiger partial charge is 0.193 e. The molecule has 20 heavy (non-hydrogen) atoms. The SMILES string of the molecule is C=C(C)COCCN=C(N)Nc1ccc(C)c(C)c1.I. The van der Waals surface area contributed by atoms with Crippen molar-refractivity contribution in [3.8, 4) is 0 Å². The maximum Gasteiger partial charge on any atom is 0.193 e. The molecule has 0 saturated heterocycles. The van der Waals surface area contributed by atoms with Crippen molar-refractivity contribution in [2.24, 2.45) is 10.7 Å². The maximum absolute atomic E-state index is 5.80. The third kappa shape index (κ3) is 7.49. The number of nitrogens with one attached hydrogen (secondary N) is 1. The Balaban J connectivity index is 0.00000361. The van der Waals surface area contributed by atoms with Gasteiger partial charge in [0, 0.05) is 5.69 Å². The number of nitrogens with two attached hydrogens (primary N) is 1. The fourth-order valence-corrected chi connectivity index (χ4v) is 1.48. The first-order valence-electron chi connectivity index (χ1n) is 6.35. The molecule has 1 rings (SSSR count). The Bertz CT molecular complexity index is 472. The predicted octanol–water partition coefficient (Wildman–Crippen LogP) is 3.24. The van der Waals surface area contributed by atoms with Gasteiger partial charge in [-0.2, -0.15) is 0 Å². The largest absolute Gasteiger partial charge is 0.375 e. The maximum atomic E-state index is 5.80. The van der Waals surface area contributed by atoms with Crippen LogP contribution in [0.25, 0.3) is 0 Å². The van der Waals surface area contributed by atoms with E-state index in [-0.39, 0.29) is 24.0 Å². The Morgan fingerprint density at radius 1 is 1.35 bits per heavy atom. The summed E-state index contributed by atoms with van der Waals surface area (Å²) < 4.78 is 5.34. The topological polar surface area (TPSA) is 59.6 Å². The molecule has 0 fully saturated rings. The van der Waals surface area contributed by atoms with Gasteiger partial charge in [-0.15, -0.1) is 24.0 Å². The summed E-state index contributed by atoms with van der Waals surface area (Å²) in [5.74, 6) is 0.405. The van der Waals surface area contributed by atoms with E-state index in [1.807, 2.05) is 13.0 Å². The summed E-state index contributed by atoms with van der Waals surface area (Å²) in [6, 6.07) is 6.10. The van der Waals surface area contributed by atoms with Gasteiger partial charge in [-0.3, -0.25) is 4.99 Å². The molecule has 0 saturated carbocycles. The van der Waals surface area contributed by atoms with Crippen molar-refractivity contribution < 1.29 is 4.74 Å². The molecule has 0 aromatic heterocycles. The number of anilines is 1. The minimum Gasteiger partial charge on any atom is -0.375 e. The van der Waals surface area contributed by atoms with Gasteiger partial charge in [0.05, 0.1) is 19.8 Å². The van der Waals surface area contributed by atoms with Crippen LogP contribution in [0.4, 0.5) is 5.69 Å². The number of ether oxygens (including phenoxy) is 1. The van der Waals surface area contributed by atoms with Gasteiger partial charge in [0.2, 0.25) is 0 Å². The lowest BCUT2D eigenvalue weighted by atomic mass is 10.1. The second-order valence-electron chi connectivity index (χ2n) is 4.70. The predicted molar refractivity (Wildman–Crippen MR) is 97.1 cm³/mol. The fourth-order valence-electron chi connectivity index (χ4n) is 1.48. The van der Waals surface area contributed by atoms with Crippen molar-refractivity contribution in [2.45, 2.75) is 20.8 Å². The van der Waals surface area contributed by atoms with E-state index in [1.165, 1.54) is 11.1 Å². The van der Waals surface area contributed by atoms with Gasteiger partial charge in [-0.25, -0.2) is 0 Å². The first-order valence-corrected chi connectivity index (χ1v) is 6.35. The van der Waals surface area contributed by atoms with Gasteiger partial charge >= 0.3 is 0 Å². The molecule has 0 bridgehead atoms. The number of aliphatic imine (C=N–C) groups is 1. The molecule has 0 aliphatic heterocycles. The first kappa shape index (κ1) is 18.9. The zero-order valence-electron chi connectivity index (χ0n) is 12.4. The van der Waals surface area contributed by atoms with Gasteiger partial charge in [0.1, 0.15) is 0 Å². The molecular formula is C15H24IN3O. The molecule has 1 aromatic rings. The van der Waals surface area contributed by atoms with E-state index >= 15 is 0 Å². The van der Waals surface area contributed by atoms with Gasteiger partial charge in [-0.1, -0.05) is 18.2 Å². The summed E-state index contributed by atoms with van der Waals surface area (Å²) >= 11 is 0. The average Bonchev–Trinajstić information content (AvgIpc) is 2.33. The molecule has 0 atom stereocenters. The Hall–Kier alpha value is -1.08. The average molecular weight is 389 g/mol. The Kier molecular flexibility index (Phi) is 9.24. The van der Waals surface area contributed by atoms with E-state index in [0.29, 0.717) is 25.7 Å². The fraction of sp³-hybridized carbons (Fsp3) is 0.400. The zero-order valence-corrected chi connectivity index (χ0v) is 14.7. The highest BCUT2D eigenvalue weighted by atomic mass is 127. The van der Waals surface area contributed by atoms with Crippen LogP contribution in [-0.4, -0.2) is 25.7 Å². The van der Waals surface area contributed by atoms with Crippen molar-refractivity contribution in [1.29, 1.82) is 0 Å². The number of benzene rings is 1. The second kappa shape index (κ2) is 9.77. The van der Waals surface area contributed by atoms with Gasteiger partial charge < -0.3 is 15.8 Å². The molecule has 0 heterocycles. The van der Waals surface area contributed by atoms with Crippen LogP contribution in [-0.2, 0) is 4.74 Å². The summed E-state index contributed by atoms with van der Waals surface area (Å²) in [4.78, 5) is 4.20. The summed E-state index contributed by atoms with van der Waals surface area (Å²) in [7, 11) is 0. The summed E-state index contributed by atoms with van der Waals surface area (Å²) in [5, 5.41) is 3.06. The Labute approximate surface area is 138 Å². The van der Waals surface area contributed by atoms with E-state index in [2.05, 4.69) is 42.9 Å². The van der Waals surface area contributed by atoms with Crippen molar-refractivity contribution >= 4 is 35.6 Å². The van der Waals surface area contributed by atoms with Crippen LogP contribution in [0.5, 0.6) is 0 Å². The lowest BCUT2D eigenvalue weighted by molar-refractivity contribution is 0.165. The van der Waals surface area contributed by atoms with Crippen LogP contribution in [0, 0.1) is 13.8 Å². The van der Waals surface area contributed by atoms with E-state index < -0.39 is 0 Å². The summed E-state index contributed by atoms with van der Waals surface area (Å²) in [6.45, 7) is 11.5. The highest BCUT2D eigenvalue weighted by Gasteiger charge is 1.97. The van der Waals surface area contributed by atoms with Gasteiger partial charge in [0.15, 0.2) is 5.96 Å². The number of guanidine groups is 1. The van der Waals surface area contributed by atoms with E-state index in [0.717, 1.165) is 11.3 Å². The number of halogens is 1. The number of nitrogens with zero attached hydrogens (tertiary/aromatic N) is 1. The molecule has 4 nitrogen and oxygen atoms in total. The van der Waals surface area contributed by atoms with Crippen molar-refractivity contribution in [3.63, 3.8) is 0 Å². The van der Waals surface area contributed by atoms with E-state index in [1.54, 1.807) is 0 Å². The highest BCUT2D eigenvalue weighted by Crippen LogP contribution is 2.13. The molecule has 1 aromatic carbocycles. The molecule has 5 heteroatoms. The molecule has 112 valence electrons. The molecule has 0 unspecified atom stereocenters. The van der Waals surface area contributed by atoms with Gasteiger partial charge in [0.25, 0.3) is 0 Å². The number of hydrogen-bond acceptors (Lipinski definition) is 2. The molecule has 3 N–H and O–H groups in total. The minimum atomic E-state index is 0. The Morgan fingerprint density at radius 3 is 2.65 bits per heavy atom. The van der Waals surface area contributed by atoms with E-state index in [9.17, 15) is 0 Å². The van der Waals surface area contributed by atoms with Crippen LogP contribution in [0.1, 0.15) is 18.1 Å². The van der Waals surface area contributed by atoms with Crippen LogP contribution >= 0.6 is 24.0 Å². The zero-order chi connectivity index (χ0) is 14.3. The van der Waals surface area contributed by atoms with Crippen molar-refractivity contribution in [3.05, 3.63) is 41.5 Å². The molecule has 0 aliphatic carbocycles. The number of rotatable bonds is 6. The second-order valence-corrected chi connectivity index (χ2v) is 4.70. The van der Waals surface area contributed by atoms with Crippen LogP contribution < -0.4 is 11.1 Å². The van der Waals surface area contributed by atoms with Crippen molar-refractivity contribution in [1.82, 2.24) is 0 Å². The van der Waals surface area contributed by atoms with Crippen LogP contribution in [0.2, 0.25) is 0 Å². The highest BCUT2D eigenvalue weighted by molar-refractivity contribution is 14.0. The monoisotopic (exact) mass is 389 g/mol. The minimum absolute atomic E-state index is 0. The lowest BCUT2D eigenvalue weighted by Gasteiger charge is -2.08. The quantitative estimate of drug-likeness (QED) is 0.258. The molecular weight excluding hydrogens is 365 g/mol. The molecule has 0 spiro atoms. The first-order chi connectivity index (χ1) is 8.99. The summed E-state index contributed by atoms with van der Waals surface area (Å²) in [5.41, 5.74) is 10.2. The number of aryl methyl sites for hydroxylation is 2. The van der Waals surface area contributed by atoms with Crippen molar-refractivity contribution in [2.75, 3.05) is 25.1 Å². The Morgan fingerprint density at radius 2 is 2.05 bits per heavy atom.